The molecule has 0 aromatic heterocycles. The van der Waals surface area contributed by atoms with Crippen molar-refractivity contribution in [2.24, 2.45) is 5.92 Å². The Bertz CT molecular complexity index is 1070. The molecule has 1 N–H and O–H groups in total. The van der Waals surface area contributed by atoms with Crippen molar-refractivity contribution in [3.63, 3.8) is 0 Å². The van der Waals surface area contributed by atoms with Crippen LogP contribution in [0.4, 0.5) is 10.5 Å². The topological polar surface area (TPSA) is 58.6 Å². The number of carbonyl (C=O) groups excluding carboxylic acids is 2. The highest BCUT2D eigenvalue weighted by Crippen LogP contribution is 2.49. The van der Waals surface area contributed by atoms with Crippen LogP contribution in [-0.4, -0.2) is 35.6 Å². The smallest absolute Gasteiger partial charge is 0.410 e. The maximum Gasteiger partial charge on any atom is 0.410 e. The highest BCUT2D eigenvalue weighted by Gasteiger charge is 2.52. The van der Waals surface area contributed by atoms with E-state index < -0.39 is 11.0 Å². The van der Waals surface area contributed by atoms with Crippen molar-refractivity contribution in [3.8, 4) is 0 Å². The van der Waals surface area contributed by atoms with Crippen molar-refractivity contribution >= 4 is 40.9 Å². The Labute approximate surface area is 205 Å². The van der Waals surface area contributed by atoms with Gasteiger partial charge >= 0.3 is 6.09 Å². The molecule has 2 atom stereocenters. The van der Waals surface area contributed by atoms with E-state index in [0.29, 0.717) is 36.0 Å². The second-order valence-electron chi connectivity index (χ2n) is 10.0. The van der Waals surface area contributed by atoms with Gasteiger partial charge in [0.15, 0.2) is 0 Å². The van der Waals surface area contributed by atoms with Crippen LogP contribution in [0.15, 0.2) is 42.5 Å². The van der Waals surface area contributed by atoms with Gasteiger partial charge in [0.05, 0.1) is 5.41 Å². The van der Waals surface area contributed by atoms with Crippen LogP contribution in [0.25, 0.3) is 0 Å². The number of hydrogen-bond donors (Lipinski definition) is 1. The molecule has 2 aliphatic rings. The number of benzene rings is 2. The summed E-state index contributed by atoms with van der Waals surface area (Å²) in [5, 5.41) is 4.32. The van der Waals surface area contributed by atoms with Crippen molar-refractivity contribution in [1.29, 1.82) is 0 Å². The van der Waals surface area contributed by atoms with Crippen LogP contribution in [-0.2, 0) is 21.4 Å². The van der Waals surface area contributed by atoms with Gasteiger partial charge in [-0.3, -0.25) is 4.79 Å². The van der Waals surface area contributed by atoms with E-state index in [-0.39, 0.29) is 17.9 Å². The number of likely N-dealkylation sites (tertiary alicyclic amines) is 1. The van der Waals surface area contributed by atoms with Gasteiger partial charge in [-0.15, -0.1) is 0 Å². The molecule has 0 bridgehead atoms. The van der Waals surface area contributed by atoms with Crippen molar-refractivity contribution in [2.75, 3.05) is 18.4 Å². The molecular weight excluding hydrogens is 459 g/mol. The summed E-state index contributed by atoms with van der Waals surface area (Å²) in [7, 11) is 0. The van der Waals surface area contributed by atoms with E-state index in [4.69, 9.17) is 27.9 Å². The van der Waals surface area contributed by atoms with E-state index in [1.165, 1.54) is 0 Å². The number of fused-ring (bicyclic) bond motifs is 1. The van der Waals surface area contributed by atoms with E-state index in [0.717, 1.165) is 29.7 Å². The number of anilines is 1. The molecule has 2 amide bonds. The summed E-state index contributed by atoms with van der Waals surface area (Å²) < 4.78 is 5.60. The SMILES string of the molecule is CC(C)(C)OC(=O)N1CCCC(C2(Cc3cccc(Cl)c3)C(=O)Nc3cc(Cl)ccc32)CC1. The van der Waals surface area contributed by atoms with E-state index >= 15 is 0 Å². The molecule has 7 heteroatoms. The number of amides is 2. The van der Waals surface area contributed by atoms with Crippen molar-refractivity contribution in [1.82, 2.24) is 4.90 Å². The molecule has 1 saturated heterocycles. The Kier molecular flexibility index (Phi) is 6.66. The van der Waals surface area contributed by atoms with Gasteiger partial charge in [0.1, 0.15) is 5.60 Å². The molecule has 0 spiro atoms. The van der Waals surface area contributed by atoms with Gasteiger partial charge in [0.25, 0.3) is 0 Å². The quantitative estimate of drug-likeness (QED) is 0.538. The number of halogens is 2. The number of rotatable bonds is 3. The second-order valence-corrected chi connectivity index (χ2v) is 10.9. The average Bonchev–Trinajstić information content (AvgIpc) is 2.87. The van der Waals surface area contributed by atoms with Crippen molar-refractivity contribution in [3.05, 3.63) is 63.6 Å². The van der Waals surface area contributed by atoms with E-state index in [2.05, 4.69) is 5.32 Å². The molecule has 0 radical (unpaired) electrons. The second kappa shape index (κ2) is 9.19. The van der Waals surface area contributed by atoms with Crippen LogP contribution in [0.1, 0.15) is 51.2 Å². The van der Waals surface area contributed by atoms with Crippen LogP contribution in [0, 0.1) is 5.92 Å². The third kappa shape index (κ3) is 4.99. The van der Waals surface area contributed by atoms with Gasteiger partial charge in [0, 0.05) is 28.8 Å². The Hall–Kier alpha value is -2.24. The zero-order valence-electron chi connectivity index (χ0n) is 19.3. The van der Waals surface area contributed by atoms with E-state index in [1.807, 2.05) is 63.2 Å². The minimum absolute atomic E-state index is 0.0181. The largest absolute Gasteiger partial charge is 0.444 e. The molecular formula is C26H30Cl2N2O3. The predicted molar refractivity (Wildman–Crippen MR) is 132 cm³/mol. The maximum atomic E-state index is 13.7. The van der Waals surface area contributed by atoms with Gasteiger partial charge < -0.3 is 15.0 Å². The van der Waals surface area contributed by atoms with E-state index in [9.17, 15) is 9.59 Å². The zero-order chi connectivity index (χ0) is 23.8. The molecule has 5 nitrogen and oxygen atoms in total. The fraction of sp³-hybridized carbons (Fsp3) is 0.462. The van der Waals surface area contributed by atoms with E-state index in [1.54, 1.807) is 4.90 Å². The highest BCUT2D eigenvalue weighted by molar-refractivity contribution is 6.31. The summed E-state index contributed by atoms with van der Waals surface area (Å²) in [6.45, 7) is 6.78. The van der Waals surface area contributed by atoms with Crippen molar-refractivity contribution in [2.45, 2.75) is 57.5 Å². The molecule has 2 unspecified atom stereocenters. The summed E-state index contributed by atoms with van der Waals surface area (Å²) >= 11 is 12.5. The first kappa shape index (κ1) is 23.9. The number of nitrogens with zero attached hydrogens (tertiary/aromatic N) is 1. The maximum absolute atomic E-state index is 13.7. The molecule has 1 fully saturated rings. The number of carbonyl (C=O) groups is 2. The lowest BCUT2D eigenvalue weighted by atomic mass is 9.65. The molecule has 4 rings (SSSR count). The predicted octanol–water partition coefficient (Wildman–Crippen LogP) is 6.46. The fourth-order valence-corrected chi connectivity index (χ4v) is 5.54. The molecule has 2 aromatic rings. The molecule has 33 heavy (non-hydrogen) atoms. The van der Waals surface area contributed by atoms with Gasteiger partial charge in [-0.25, -0.2) is 4.79 Å². The van der Waals surface area contributed by atoms with Crippen LogP contribution < -0.4 is 5.32 Å². The van der Waals surface area contributed by atoms with Gasteiger partial charge in [-0.05, 0) is 87.8 Å². The molecule has 2 aliphatic heterocycles. The lowest BCUT2D eigenvalue weighted by Crippen LogP contribution is -2.44. The Morgan fingerprint density at radius 1 is 1.12 bits per heavy atom. The van der Waals surface area contributed by atoms with Crippen LogP contribution >= 0.6 is 23.2 Å². The summed E-state index contributed by atoms with van der Waals surface area (Å²) in [4.78, 5) is 28.1. The third-order valence-electron chi connectivity index (χ3n) is 6.56. The molecule has 176 valence electrons. The number of ether oxygens (including phenoxy) is 1. The number of hydrogen-bond acceptors (Lipinski definition) is 3. The fourth-order valence-electron chi connectivity index (χ4n) is 5.16. The summed E-state index contributed by atoms with van der Waals surface area (Å²) in [5.41, 5.74) is 1.44. The number of nitrogens with one attached hydrogen (secondary N) is 1. The lowest BCUT2D eigenvalue weighted by Gasteiger charge is -2.36. The van der Waals surface area contributed by atoms with Gasteiger partial charge in [0.2, 0.25) is 5.91 Å². The molecule has 2 aromatic carbocycles. The first-order chi connectivity index (χ1) is 15.6. The average molecular weight is 489 g/mol. The summed E-state index contributed by atoms with van der Waals surface area (Å²) in [6, 6.07) is 13.3. The normalized spacial score (nSPS) is 23.0. The highest BCUT2D eigenvalue weighted by atomic mass is 35.5. The van der Waals surface area contributed by atoms with Crippen LogP contribution in [0.3, 0.4) is 0 Å². The minimum Gasteiger partial charge on any atom is -0.444 e. The third-order valence-corrected chi connectivity index (χ3v) is 7.03. The Morgan fingerprint density at radius 3 is 2.61 bits per heavy atom. The van der Waals surface area contributed by atoms with Crippen molar-refractivity contribution < 1.29 is 14.3 Å². The summed E-state index contributed by atoms with van der Waals surface area (Å²) in [5.74, 6) is 0.0294. The van der Waals surface area contributed by atoms with Crippen LogP contribution in [0.5, 0.6) is 0 Å². The minimum atomic E-state index is -0.755. The zero-order valence-corrected chi connectivity index (χ0v) is 20.8. The Morgan fingerprint density at radius 2 is 1.88 bits per heavy atom. The first-order valence-electron chi connectivity index (χ1n) is 11.4. The molecule has 2 heterocycles. The van der Waals surface area contributed by atoms with Gasteiger partial charge in [-0.2, -0.15) is 0 Å². The standard InChI is InChI=1S/C26H30Cl2N2O3/c1-25(2,3)33-24(32)30-12-5-7-18(11-13-30)26(16-17-6-4-8-19(27)14-17)21-10-9-20(28)15-22(21)29-23(26)31/h4,6,8-10,14-15,18H,5,7,11-13,16H2,1-3H3,(H,29,31). The van der Waals surface area contributed by atoms with Crippen LogP contribution in [0.2, 0.25) is 10.0 Å². The first-order valence-corrected chi connectivity index (χ1v) is 12.2. The Balaban J connectivity index is 1.68. The lowest BCUT2D eigenvalue weighted by molar-refractivity contribution is -0.123. The molecule has 0 saturated carbocycles. The van der Waals surface area contributed by atoms with Gasteiger partial charge in [-0.1, -0.05) is 41.4 Å². The summed E-state index contributed by atoms with van der Waals surface area (Å²) in [6.07, 6.45) is 2.57. The monoisotopic (exact) mass is 488 g/mol. The molecule has 0 aliphatic carbocycles.